The zero-order valence-corrected chi connectivity index (χ0v) is 16.2. The van der Waals surface area contributed by atoms with Gasteiger partial charge in [0, 0.05) is 45.1 Å². The van der Waals surface area contributed by atoms with Crippen LogP contribution in [0.25, 0.3) is 10.2 Å². The van der Waals surface area contributed by atoms with Crippen molar-refractivity contribution in [1.29, 1.82) is 0 Å². The van der Waals surface area contributed by atoms with Crippen molar-refractivity contribution in [2.24, 2.45) is 0 Å². The molecular weight excluding hydrogens is 377 g/mol. The number of rotatable bonds is 5. The van der Waals surface area contributed by atoms with Crippen molar-refractivity contribution in [3.05, 3.63) is 28.8 Å². The SMILES string of the molecule is CN1CCN(C)C(CNC(=O)CCc2nc3cc(C(F)(F)F)ccc3s2)C1. The third-order valence-electron chi connectivity index (χ3n) is 4.84. The Hall–Kier alpha value is -1.71. The molecule has 5 nitrogen and oxygen atoms in total. The number of piperazine rings is 1. The molecule has 1 aliphatic heterocycles. The second kappa shape index (κ2) is 8.12. The van der Waals surface area contributed by atoms with Crippen LogP contribution in [0.15, 0.2) is 18.2 Å². The number of likely N-dealkylation sites (N-methyl/N-ethyl adjacent to an activating group) is 2. The molecule has 1 N–H and O–H groups in total. The van der Waals surface area contributed by atoms with Gasteiger partial charge in [0.1, 0.15) is 0 Å². The number of fused-ring (bicyclic) bond motifs is 1. The van der Waals surface area contributed by atoms with Crippen LogP contribution in [0.5, 0.6) is 0 Å². The van der Waals surface area contributed by atoms with E-state index < -0.39 is 11.7 Å². The molecule has 0 saturated carbocycles. The summed E-state index contributed by atoms with van der Waals surface area (Å²) >= 11 is 1.33. The zero-order chi connectivity index (χ0) is 19.6. The minimum Gasteiger partial charge on any atom is -0.354 e. The lowest BCUT2D eigenvalue weighted by molar-refractivity contribution is -0.137. The minimum absolute atomic E-state index is 0.0631. The number of hydrogen-bond donors (Lipinski definition) is 1. The summed E-state index contributed by atoms with van der Waals surface area (Å²) in [5, 5.41) is 3.63. The normalized spacial score (nSPS) is 19.5. The summed E-state index contributed by atoms with van der Waals surface area (Å²) in [4.78, 5) is 20.9. The van der Waals surface area contributed by atoms with Crippen molar-refractivity contribution in [3.8, 4) is 0 Å². The average Bonchev–Trinajstić information content (AvgIpc) is 3.02. The Morgan fingerprint density at radius 1 is 1.33 bits per heavy atom. The number of carbonyl (C=O) groups is 1. The van der Waals surface area contributed by atoms with E-state index in [1.807, 2.05) is 0 Å². The van der Waals surface area contributed by atoms with Gasteiger partial charge in [-0.05, 0) is 32.3 Å². The number of carbonyl (C=O) groups excluding carboxylic acids is 1. The van der Waals surface area contributed by atoms with Gasteiger partial charge in [-0.1, -0.05) is 0 Å². The maximum absolute atomic E-state index is 12.8. The van der Waals surface area contributed by atoms with Gasteiger partial charge in [-0.15, -0.1) is 11.3 Å². The first-order valence-electron chi connectivity index (χ1n) is 8.84. The lowest BCUT2D eigenvalue weighted by Crippen LogP contribution is -2.54. The molecule has 3 rings (SSSR count). The molecule has 0 bridgehead atoms. The van der Waals surface area contributed by atoms with Crippen LogP contribution in [0, 0.1) is 0 Å². The van der Waals surface area contributed by atoms with Crippen LogP contribution in [0.4, 0.5) is 13.2 Å². The second-order valence-electron chi connectivity index (χ2n) is 6.99. The molecule has 27 heavy (non-hydrogen) atoms. The maximum atomic E-state index is 12.8. The Kier molecular flexibility index (Phi) is 6.02. The van der Waals surface area contributed by atoms with E-state index in [2.05, 4.69) is 34.2 Å². The fraction of sp³-hybridized carbons (Fsp3) is 0.556. The van der Waals surface area contributed by atoms with Crippen molar-refractivity contribution in [1.82, 2.24) is 20.1 Å². The highest BCUT2D eigenvalue weighted by Crippen LogP contribution is 2.33. The Labute approximate surface area is 160 Å². The Morgan fingerprint density at radius 2 is 2.11 bits per heavy atom. The number of aromatic nitrogens is 1. The Balaban J connectivity index is 1.52. The van der Waals surface area contributed by atoms with Crippen LogP contribution in [-0.2, 0) is 17.4 Å². The standard InChI is InChI=1S/C18H23F3N4OS/c1-24-7-8-25(2)13(11-24)10-22-16(26)5-6-17-23-14-9-12(18(19,20)21)3-4-15(14)27-17/h3-4,9,13H,5-8,10-11H2,1-2H3,(H,22,26). The second-order valence-corrected chi connectivity index (χ2v) is 8.10. The first-order chi connectivity index (χ1) is 12.7. The summed E-state index contributed by atoms with van der Waals surface area (Å²) < 4.78 is 39.0. The Morgan fingerprint density at radius 3 is 2.85 bits per heavy atom. The summed E-state index contributed by atoms with van der Waals surface area (Å²) in [6, 6.07) is 3.85. The molecule has 1 aromatic carbocycles. The largest absolute Gasteiger partial charge is 0.416 e. The number of thiazole rings is 1. The molecule has 9 heteroatoms. The number of aryl methyl sites for hydroxylation is 1. The molecule has 1 aliphatic rings. The molecule has 1 saturated heterocycles. The summed E-state index contributed by atoms with van der Waals surface area (Å²) in [6.45, 7) is 3.50. The number of hydrogen-bond acceptors (Lipinski definition) is 5. The van der Waals surface area contributed by atoms with Crippen LogP contribution < -0.4 is 5.32 Å². The van der Waals surface area contributed by atoms with Crippen molar-refractivity contribution in [2.45, 2.75) is 25.1 Å². The van der Waals surface area contributed by atoms with Crippen LogP contribution in [0.1, 0.15) is 17.0 Å². The quantitative estimate of drug-likeness (QED) is 0.838. The molecule has 0 aliphatic carbocycles. The molecule has 0 spiro atoms. The molecule has 1 atom stereocenters. The molecule has 1 unspecified atom stereocenters. The predicted molar refractivity (Wildman–Crippen MR) is 99.9 cm³/mol. The number of halogens is 3. The van der Waals surface area contributed by atoms with Gasteiger partial charge in [-0.25, -0.2) is 4.98 Å². The summed E-state index contributed by atoms with van der Waals surface area (Å²) in [5.41, 5.74) is -0.372. The van der Waals surface area contributed by atoms with E-state index in [4.69, 9.17) is 0 Å². The lowest BCUT2D eigenvalue weighted by atomic mass is 10.2. The minimum atomic E-state index is -4.38. The number of alkyl halides is 3. The average molecular weight is 400 g/mol. The van der Waals surface area contributed by atoms with Crippen molar-refractivity contribution < 1.29 is 18.0 Å². The van der Waals surface area contributed by atoms with Crippen LogP contribution in [-0.4, -0.2) is 67.0 Å². The van der Waals surface area contributed by atoms with E-state index in [9.17, 15) is 18.0 Å². The smallest absolute Gasteiger partial charge is 0.354 e. The fourth-order valence-electron chi connectivity index (χ4n) is 3.12. The van der Waals surface area contributed by atoms with Gasteiger partial charge < -0.3 is 10.2 Å². The van der Waals surface area contributed by atoms with Gasteiger partial charge in [-0.2, -0.15) is 13.2 Å². The molecule has 148 valence electrons. The van der Waals surface area contributed by atoms with E-state index in [1.165, 1.54) is 17.4 Å². The molecular formula is C18H23F3N4OS. The highest BCUT2D eigenvalue weighted by molar-refractivity contribution is 7.18. The predicted octanol–water partition coefficient (Wildman–Crippen LogP) is 2.61. The fourth-order valence-corrected chi connectivity index (χ4v) is 4.07. The van der Waals surface area contributed by atoms with Gasteiger partial charge in [-0.3, -0.25) is 9.69 Å². The van der Waals surface area contributed by atoms with Gasteiger partial charge in [0.15, 0.2) is 0 Å². The van der Waals surface area contributed by atoms with Crippen LogP contribution in [0.3, 0.4) is 0 Å². The lowest BCUT2D eigenvalue weighted by Gasteiger charge is -2.37. The Bertz CT molecular complexity index is 807. The molecule has 2 heterocycles. The molecule has 0 radical (unpaired) electrons. The summed E-state index contributed by atoms with van der Waals surface area (Å²) in [5.74, 6) is -0.0631. The number of nitrogens with one attached hydrogen (secondary N) is 1. The van der Waals surface area contributed by atoms with Crippen LogP contribution in [0.2, 0.25) is 0 Å². The van der Waals surface area contributed by atoms with Crippen molar-refractivity contribution >= 4 is 27.5 Å². The number of benzene rings is 1. The number of nitrogens with zero attached hydrogens (tertiary/aromatic N) is 3. The highest BCUT2D eigenvalue weighted by Gasteiger charge is 2.30. The molecule has 1 amide bonds. The van der Waals surface area contributed by atoms with E-state index in [1.54, 1.807) is 0 Å². The summed E-state index contributed by atoms with van der Waals surface area (Å²) in [7, 11) is 4.12. The van der Waals surface area contributed by atoms with E-state index in [-0.39, 0.29) is 18.4 Å². The first-order valence-corrected chi connectivity index (χ1v) is 9.66. The number of amides is 1. The van der Waals surface area contributed by atoms with E-state index in [0.717, 1.165) is 31.8 Å². The highest BCUT2D eigenvalue weighted by atomic mass is 32.1. The van der Waals surface area contributed by atoms with Gasteiger partial charge >= 0.3 is 6.18 Å². The maximum Gasteiger partial charge on any atom is 0.416 e. The first kappa shape index (κ1) is 20.0. The molecule has 2 aromatic rings. The van der Waals surface area contributed by atoms with Gasteiger partial charge in [0.25, 0.3) is 0 Å². The van der Waals surface area contributed by atoms with Crippen molar-refractivity contribution in [2.75, 3.05) is 40.3 Å². The van der Waals surface area contributed by atoms with E-state index in [0.29, 0.717) is 28.2 Å². The molecule has 1 aromatic heterocycles. The topological polar surface area (TPSA) is 48.5 Å². The molecule has 1 fully saturated rings. The third-order valence-corrected chi connectivity index (χ3v) is 5.94. The van der Waals surface area contributed by atoms with Crippen LogP contribution >= 0.6 is 11.3 Å². The zero-order valence-electron chi connectivity index (χ0n) is 15.3. The monoisotopic (exact) mass is 400 g/mol. The van der Waals surface area contributed by atoms with Crippen molar-refractivity contribution in [3.63, 3.8) is 0 Å². The third kappa shape index (κ3) is 5.18. The van der Waals surface area contributed by atoms with Gasteiger partial charge in [0.2, 0.25) is 5.91 Å². The summed E-state index contributed by atoms with van der Waals surface area (Å²) in [6.07, 6.45) is -3.68. The van der Waals surface area contributed by atoms with Gasteiger partial charge in [0.05, 0.1) is 20.8 Å². The van der Waals surface area contributed by atoms with E-state index >= 15 is 0 Å².